The molecule has 188 valence electrons. The lowest BCUT2D eigenvalue weighted by Crippen LogP contribution is -2.57. The Bertz CT molecular complexity index is 798. The zero-order valence-electron chi connectivity index (χ0n) is 22.6. The van der Waals surface area contributed by atoms with Gasteiger partial charge in [-0.2, -0.15) is 0 Å². The summed E-state index contributed by atoms with van der Waals surface area (Å²) in [5.74, 6) is 2.87. The van der Waals surface area contributed by atoms with Gasteiger partial charge in [-0.05, 0) is 55.9 Å². The largest absolute Gasteiger partial charge is 0.384 e. The molecule has 0 radical (unpaired) electrons. The van der Waals surface area contributed by atoms with Crippen LogP contribution in [0.3, 0.4) is 0 Å². The highest BCUT2D eigenvalue weighted by molar-refractivity contribution is 7.01. The molecule has 2 nitrogen and oxygen atoms in total. The Morgan fingerprint density at radius 3 is 2.03 bits per heavy atom. The van der Waals surface area contributed by atoms with Crippen molar-refractivity contribution in [1.29, 1.82) is 0 Å². The van der Waals surface area contributed by atoms with Crippen LogP contribution in [0.1, 0.15) is 53.4 Å². The van der Waals surface area contributed by atoms with Crippen molar-refractivity contribution in [2.24, 2.45) is 29.1 Å². The summed E-state index contributed by atoms with van der Waals surface area (Å²) in [6.45, 7) is 14.4. The second-order valence-corrected chi connectivity index (χ2v) is 15.7. The fourth-order valence-corrected chi connectivity index (χ4v) is 10.4. The van der Waals surface area contributed by atoms with E-state index in [-0.39, 0.29) is 5.41 Å². The Morgan fingerprint density at radius 2 is 1.53 bits per heavy atom. The molecule has 3 heteroatoms. The highest BCUT2D eigenvalue weighted by Gasteiger charge is 2.47. The van der Waals surface area contributed by atoms with Crippen molar-refractivity contribution >= 4 is 18.4 Å². The number of rotatable bonds is 12. The quantitative estimate of drug-likeness (QED) is 0.317. The molecule has 0 spiro atoms. The van der Waals surface area contributed by atoms with Crippen LogP contribution in [0.2, 0.25) is 12.6 Å². The lowest BCUT2D eigenvalue weighted by atomic mass is 9.58. The van der Waals surface area contributed by atoms with Gasteiger partial charge in [-0.1, -0.05) is 105 Å². The summed E-state index contributed by atoms with van der Waals surface area (Å²) in [6.07, 6.45) is 5.16. The Hall–Kier alpha value is -1.42. The van der Waals surface area contributed by atoms with Gasteiger partial charge in [0.1, 0.15) is 8.07 Å². The average Bonchev–Trinajstić information content (AvgIpc) is 2.86. The maximum absolute atomic E-state index is 6.28. The Balaban J connectivity index is 2.02. The molecule has 0 aliphatic heterocycles. The summed E-state index contributed by atoms with van der Waals surface area (Å²) in [7, 11) is -0.0293. The Kier molecular flexibility index (Phi) is 10.00. The van der Waals surface area contributed by atoms with Crippen LogP contribution in [-0.2, 0) is 9.47 Å². The van der Waals surface area contributed by atoms with E-state index in [1.165, 1.54) is 35.7 Å². The fraction of sp³-hybridized carbons (Fsp3) is 0.613. The van der Waals surface area contributed by atoms with Gasteiger partial charge < -0.3 is 9.47 Å². The number of ether oxygens (including phenoxy) is 2. The molecule has 3 rings (SSSR count). The number of methoxy groups -OCH3 is 1. The van der Waals surface area contributed by atoms with Crippen LogP contribution in [-0.4, -0.2) is 35.0 Å². The molecular weight excluding hydrogens is 432 g/mol. The molecule has 1 aliphatic rings. The van der Waals surface area contributed by atoms with Crippen molar-refractivity contribution in [3.63, 3.8) is 0 Å². The molecule has 1 fully saturated rings. The number of hydrogen-bond acceptors (Lipinski definition) is 2. The Morgan fingerprint density at radius 1 is 0.941 bits per heavy atom. The third-order valence-electron chi connectivity index (χ3n) is 8.78. The van der Waals surface area contributed by atoms with Crippen molar-refractivity contribution < 1.29 is 9.47 Å². The average molecular weight is 481 g/mol. The zero-order valence-corrected chi connectivity index (χ0v) is 23.6. The molecule has 2 aromatic rings. The van der Waals surface area contributed by atoms with Crippen LogP contribution in [0.4, 0.5) is 0 Å². The van der Waals surface area contributed by atoms with Crippen LogP contribution in [0.25, 0.3) is 0 Å². The van der Waals surface area contributed by atoms with Crippen LogP contribution in [0.15, 0.2) is 60.7 Å². The minimum atomic E-state index is -1.92. The van der Waals surface area contributed by atoms with E-state index in [0.29, 0.717) is 11.8 Å². The first kappa shape index (κ1) is 27.2. The molecule has 0 bridgehead atoms. The molecule has 1 aliphatic carbocycles. The molecule has 2 aromatic carbocycles. The summed E-state index contributed by atoms with van der Waals surface area (Å²) < 4.78 is 12.3. The standard InChI is InChI=1S/C31H48O2Si/c1-7-33-24-31(23-32-5,30-22-26(4)18-19-29(30)25(2)3)20-21-34(6,27-14-10-8-11-15-27)28-16-12-9-13-17-28/h8-17,25-26,29-30H,7,18-24H2,1-6H3. The van der Waals surface area contributed by atoms with Crippen molar-refractivity contribution in [3.8, 4) is 0 Å². The first-order valence-electron chi connectivity index (χ1n) is 13.5. The first-order valence-corrected chi connectivity index (χ1v) is 16.2. The van der Waals surface area contributed by atoms with Gasteiger partial charge >= 0.3 is 0 Å². The van der Waals surface area contributed by atoms with E-state index in [1.807, 2.05) is 7.11 Å². The van der Waals surface area contributed by atoms with Gasteiger partial charge in [-0.3, -0.25) is 0 Å². The van der Waals surface area contributed by atoms with Crippen molar-refractivity contribution in [3.05, 3.63) is 60.7 Å². The second-order valence-electron chi connectivity index (χ2n) is 11.4. The maximum Gasteiger partial charge on any atom is 0.115 e. The van der Waals surface area contributed by atoms with Crippen LogP contribution >= 0.6 is 0 Å². The van der Waals surface area contributed by atoms with Crippen molar-refractivity contribution in [2.45, 2.75) is 66.0 Å². The van der Waals surface area contributed by atoms with Gasteiger partial charge in [0.15, 0.2) is 0 Å². The van der Waals surface area contributed by atoms with Crippen molar-refractivity contribution in [2.75, 3.05) is 26.9 Å². The molecule has 0 N–H and O–H groups in total. The molecule has 0 saturated heterocycles. The van der Waals surface area contributed by atoms with Crippen LogP contribution < -0.4 is 10.4 Å². The minimum Gasteiger partial charge on any atom is -0.384 e. The monoisotopic (exact) mass is 480 g/mol. The molecule has 0 heterocycles. The minimum absolute atomic E-state index is 0.0617. The molecule has 0 aromatic heterocycles. The molecule has 0 amide bonds. The van der Waals surface area contributed by atoms with Gasteiger partial charge in [0.25, 0.3) is 0 Å². The lowest BCUT2D eigenvalue weighted by Gasteiger charge is -2.50. The van der Waals surface area contributed by atoms with E-state index >= 15 is 0 Å². The number of hydrogen-bond donors (Lipinski definition) is 0. The predicted octanol–water partition coefficient (Wildman–Crippen LogP) is 6.65. The van der Waals surface area contributed by atoms with Gasteiger partial charge in [0.05, 0.1) is 13.2 Å². The van der Waals surface area contributed by atoms with E-state index in [0.717, 1.165) is 38.1 Å². The molecule has 4 unspecified atom stereocenters. The van der Waals surface area contributed by atoms with E-state index in [1.54, 1.807) is 0 Å². The van der Waals surface area contributed by atoms with E-state index in [9.17, 15) is 0 Å². The van der Waals surface area contributed by atoms with Gasteiger partial charge in [-0.15, -0.1) is 0 Å². The SMILES string of the molecule is CCOCC(CC[Si](C)(c1ccccc1)c1ccccc1)(COC)C1CC(C)CCC1C(C)C. The summed E-state index contributed by atoms with van der Waals surface area (Å²) in [5, 5.41) is 3.06. The summed E-state index contributed by atoms with van der Waals surface area (Å²) >= 11 is 0. The summed E-state index contributed by atoms with van der Waals surface area (Å²) in [6, 6.07) is 23.8. The predicted molar refractivity (Wildman–Crippen MR) is 149 cm³/mol. The second kappa shape index (κ2) is 12.5. The number of benzene rings is 2. The van der Waals surface area contributed by atoms with Crippen LogP contribution in [0.5, 0.6) is 0 Å². The third kappa shape index (κ3) is 6.22. The molecular formula is C31H48O2Si. The maximum atomic E-state index is 6.28. The fourth-order valence-electron chi connectivity index (χ4n) is 6.65. The molecule has 1 saturated carbocycles. The molecule has 4 atom stereocenters. The zero-order chi connectivity index (χ0) is 24.6. The van der Waals surface area contributed by atoms with E-state index in [4.69, 9.17) is 9.47 Å². The summed E-state index contributed by atoms with van der Waals surface area (Å²) in [5.41, 5.74) is 0.0617. The highest BCUT2D eigenvalue weighted by Crippen LogP contribution is 2.50. The van der Waals surface area contributed by atoms with Gasteiger partial charge in [0, 0.05) is 19.1 Å². The third-order valence-corrected chi connectivity index (χ3v) is 13.2. The first-order chi connectivity index (χ1) is 16.4. The van der Waals surface area contributed by atoms with Crippen LogP contribution in [0, 0.1) is 29.1 Å². The van der Waals surface area contributed by atoms with E-state index < -0.39 is 8.07 Å². The lowest BCUT2D eigenvalue weighted by molar-refractivity contribution is -0.0846. The van der Waals surface area contributed by atoms with Gasteiger partial charge in [-0.25, -0.2) is 0 Å². The molecule has 34 heavy (non-hydrogen) atoms. The Labute approximate surface area is 210 Å². The van der Waals surface area contributed by atoms with Gasteiger partial charge in [0.2, 0.25) is 0 Å². The van der Waals surface area contributed by atoms with Crippen molar-refractivity contribution in [1.82, 2.24) is 0 Å². The topological polar surface area (TPSA) is 18.5 Å². The highest BCUT2D eigenvalue weighted by atomic mass is 28.3. The van der Waals surface area contributed by atoms with E-state index in [2.05, 4.69) is 94.9 Å². The normalized spacial score (nSPS) is 23.1. The smallest absolute Gasteiger partial charge is 0.115 e. The summed E-state index contributed by atoms with van der Waals surface area (Å²) in [4.78, 5) is 0.